The number of para-hydroxylation sites is 1. The van der Waals surface area contributed by atoms with Crippen molar-refractivity contribution in [3.63, 3.8) is 0 Å². The number of ether oxygens (including phenoxy) is 1. The molecule has 1 aromatic carbocycles. The van der Waals surface area contributed by atoms with E-state index in [9.17, 15) is 23.1 Å². The van der Waals surface area contributed by atoms with Gasteiger partial charge in [0.15, 0.2) is 0 Å². The molecule has 3 rings (SSSR count). The van der Waals surface area contributed by atoms with Gasteiger partial charge in [0.1, 0.15) is 6.10 Å². The van der Waals surface area contributed by atoms with E-state index in [2.05, 4.69) is 4.98 Å². The first kappa shape index (κ1) is 17.1. The molecule has 132 valence electrons. The van der Waals surface area contributed by atoms with Crippen molar-refractivity contribution >= 4 is 11.7 Å². The molecule has 5 nitrogen and oxygen atoms in total. The molecule has 0 spiro atoms. The van der Waals surface area contributed by atoms with Crippen LogP contribution >= 0.6 is 0 Å². The predicted octanol–water partition coefficient (Wildman–Crippen LogP) is 3.46. The molecule has 1 atom stereocenters. The monoisotopic (exact) mass is 352 g/mol. The number of aromatic nitrogens is 1. The Hall–Kier alpha value is -2.77. The fraction of sp³-hybridized carbons (Fsp3) is 0.294. The number of halogens is 3. The van der Waals surface area contributed by atoms with Crippen molar-refractivity contribution in [3.8, 4) is 5.88 Å². The second kappa shape index (κ2) is 6.62. The van der Waals surface area contributed by atoms with E-state index in [1.54, 1.807) is 18.2 Å². The standard InChI is InChI=1S/C17H15F3N2O3/c18-17(19,20)11-5-6-15(21-9-11)25-12-7-8-22(10-12)14-4-2-1-3-13(14)16(23)24/h1-6,9,12H,7-8,10H2,(H,23,24)/t12-/m0/s1. The van der Waals surface area contributed by atoms with Gasteiger partial charge in [-0.25, -0.2) is 9.78 Å². The molecule has 1 fully saturated rings. The summed E-state index contributed by atoms with van der Waals surface area (Å²) in [5, 5.41) is 9.26. The van der Waals surface area contributed by atoms with Crippen LogP contribution in [0.2, 0.25) is 0 Å². The molecule has 0 unspecified atom stereocenters. The predicted molar refractivity (Wildman–Crippen MR) is 83.9 cm³/mol. The van der Waals surface area contributed by atoms with Gasteiger partial charge in [0.2, 0.25) is 5.88 Å². The maximum absolute atomic E-state index is 12.5. The molecule has 2 heterocycles. The van der Waals surface area contributed by atoms with E-state index in [1.807, 2.05) is 4.90 Å². The second-order valence-corrected chi connectivity index (χ2v) is 5.68. The molecular formula is C17H15F3N2O3. The highest BCUT2D eigenvalue weighted by Gasteiger charge is 2.31. The first-order valence-electron chi connectivity index (χ1n) is 7.62. The number of alkyl halides is 3. The van der Waals surface area contributed by atoms with E-state index < -0.39 is 17.7 Å². The van der Waals surface area contributed by atoms with Crippen molar-refractivity contribution < 1.29 is 27.8 Å². The van der Waals surface area contributed by atoms with Crippen LogP contribution in [0.25, 0.3) is 0 Å². The molecular weight excluding hydrogens is 337 g/mol. The fourth-order valence-electron chi connectivity index (χ4n) is 2.76. The summed E-state index contributed by atoms with van der Waals surface area (Å²) in [6.45, 7) is 1.03. The van der Waals surface area contributed by atoms with Crippen LogP contribution in [0.4, 0.5) is 18.9 Å². The normalized spacial score (nSPS) is 17.6. The van der Waals surface area contributed by atoms with Crippen molar-refractivity contribution in [2.24, 2.45) is 0 Å². The van der Waals surface area contributed by atoms with Crippen molar-refractivity contribution in [1.29, 1.82) is 0 Å². The van der Waals surface area contributed by atoms with E-state index in [0.717, 1.165) is 12.3 Å². The van der Waals surface area contributed by atoms with Gasteiger partial charge in [-0.3, -0.25) is 0 Å². The Morgan fingerprint density at radius 2 is 2.00 bits per heavy atom. The summed E-state index contributed by atoms with van der Waals surface area (Å²) in [5.41, 5.74) is -0.0273. The zero-order valence-corrected chi connectivity index (χ0v) is 13.0. The maximum Gasteiger partial charge on any atom is 0.417 e. The minimum Gasteiger partial charge on any atom is -0.478 e. The summed E-state index contributed by atoms with van der Waals surface area (Å²) < 4.78 is 43.2. The second-order valence-electron chi connectivity index (χ2n) is 5.68. The number of carboxylic acids is 1. The van der Waals surface area contributed by atoms with Crippen molar-refractivity contribution in [1.82, 2.24) is 4.98 Å². The average molecular weight is 352 g/mol. The zero-order chi connectivity index (χ0) is 18.0. The Morgan fingerprint density at radius 3 is 2.64 bits per heavy atom. The lowest BCUT2D eigenvalue weighted by Gasteiger charge is -2.20. The van der Waals surface area contributed by atoms with Crippen LogP contribution in [0, 0.1) is 0 Å². The van der Waals surface area contributed by atoms with Gasteiger partial charge in [0, 0.05) is 25.2 Å². The fourth-order valence-corrected chi connectivity index (χ4v) is 2.76. The molecule has 1 aliphatic rings. The Kier molecular flexibility index (Phi) is 4.52. The van der Waals surface area contributed by atoms with Crippen molar-refractivity contribution in [3.05, 3.63) is 53.7 Å². The number of carbonyl (C=O) groups is 1. The molecule has 0 saturated carbocycles. The van der Waals surface area contributed by atoms with Gasteiger partial charge in [-0.05, 0) is 18.2 Å². The lowest BCUT2D eigenvalue weighted by Crippen LogP contribution is -2.26. The first-order valence-corrected chi connectivity index (χ1v) is 7.62. The highest BCUT2D eigenvalue weighted by Crippen LogP contribution is 2.30. The van der Waals surface area contributed by atoms with Gasteiger partial charge in [0.05, 0.1) is 23.4 Å². The summed E-state index contributed by atoms with van der Waals surface area (Å²) >= 11 is 0. The van der Waals surface area contributed by atoms with Gasteiger partial charge in [-0.1, -0.05) is 12.1 Å². The lowest BCUT2D eigenvalue weighted by molar-refractivity contribution is -0.137. The Balaban J connectivity index is 1.67. The van der Waals surface area contributed by atoms with Crippen molar-refractivity contribution in [2.45, 2.75) is 18.7 Å². The van der Waals surface area contributed by atoms with Crippen LogP contribution < -0.4 is 9.64 Å². The zero-order valence-electron chi connectivity index (χ0n) is 13.0. The highest BCUT2D eigenvalue weighted by atomic mass is 19.4. The molecule has 1 saturated heterocycles. The van der Waals surface area contributed by atoms with Crippen LogP contribution in [-0.4, -0.2) is 35.3 Å². The number of carboxylic acid groups (broad SMARTS) is 1. The van der Waals surface area contributed by atoms with Crippen LogP contribution in [0.1, 0.15) is 22.3 Å². The largest absolute Gasteiger partial charge is 0.478 e. The molecule has 0 amide bonds. The van der Waals surface area contributed by atoms with Crippen LogP contribution in [0.3, 0.4) is 0 Å². The van der Waals surface area contributed by atoms with Crippen LogP contribution in [-0.2, 0) is 6.18 Å². The molecule has 1 aromatic heterocycles. The molecule has 0 bridgehead atoms. The van der Waals surface area contributed by atoms with Gasteiger partial charge >= 0.3 is 12.1 Å². The highest BCUT2D eigenvalue weighted by molar-refractivity contribution is 5.94. The third-order valence-electron chi connectivity index (χ3n) is 3.97. The van der Waals surface area contributed by atoms with Gasteiger partial charge in [-0.2, -0.15) is 13.2 Å². The lowest BCUT2D eigenvalue weighted by atomic mass is 10.1. The van der Waals surface area contributed by atoms with E-state index in [1.165, 1.54) is 12.1 Å². The average Bonchev–Trinajstić information content (AvgIpc) is 3.03. The van der Waals surface area contributed by atoms with Gasteiger partial charge in [0.25, 0.3) is 0 Å². The number of hydrogen-bond donors (Lipinski definition) is 1. The number of aromatic carboxylic acids is 1. The third kappa shape index (κ3) is 3.84. The molecule has 2 aromatic rings. The van der Waals surface area contributed by atoms with E-state index in [4.69, 9.17) is 4.74 Å². The molecule has 1 N–H and O–H groups in total. The smallest absolute Gasteiger partial charge is 0.417 e. The number of anilines is 1. The van der Waals surface area contributed by atoms with Gasteiger partial charge in [-0.15, -0.1) is 0 Å². The minimum atomic E-state index is -4.43. The number of pyridine rings is 1. The maximum atomic E-state index is 12.5. The number of nitrogens with zero attached hydrogens (tertiary/aromatic N) is 2. The van der Waals surface area contributed by atoms with Crippen LogP contribution in [0.15, 0.2) is 42.6 Å². The summed E-state index contributed by atoms with van der Waals surface area (Å²) in [4.78, 5) is 16.9. The topological polar surface area (TPSA) is 62.7 Å². The summed E-state index contributed by atoms with van der Waals surface area (Å²) in [5.74, 6) is -0.893. The summed E-state index contributed by atoms with van der Waals surface area (Å²) in [6.07, 6.45) is -3.35. The van der Waals surface area contributed by atoms with Crippen molar-refractivity contribution in [2.75, 3.05) is 18.0 Å². The Labute approximate surface area is 141 Å². The Morgan fingerprint density at radius 1 is 1.24 bits per heavy atom. The Bertz CT molecular complexity index is 762. The summed E-state index contributed by atoms with van der Waals surface area (Å²) in [7, 11) is 0. The number of rotatable bonds is 4. The third-order valence-corrected chi connectivity index (χ3v) is 3.97. The van der Waals surface area contributed by atoms with E-state index >= 15 is 0 Å². The first-order chi connectivity index (χ1) is 11.8. The van der Waals surface area contributed by atoms with E-state index in [0.29, 0.717) is 25.2 Å². The molecule has 0 aliphatic carbocycles. The molecule has 25 heavy (non-hydrogen) atoms. The molecule has 1 aliphatic heterocycles. The SMILES string of the molecule is O=C(O)c1ccccc1N1CC[C@H](Oc2ccc(C(F)(F)F)cn2)C1. The van der Waals surface area contributed by atoms with Gasteiger partial charge < -0.3 is 14.7 Å². The van der Waals surface area contributed by atoms with Crippen LogP contribution in [0.5, 0.6) is 5.88 Å². The molecule has 8 heteroatoms. The summed E-state index contributed by atoms with van der Waals surface area (Å²) in [6, 6.07) is 8.79. The minimum absolute atomic E-state index is 0.117. The quantitative estimate of drug-likeness (QED) is 0.913. The van der Waals surface area contributed by atoms with E-state index in [-0.39, 0.29) is 17.5 Å². The molecule has 0 radical (unpaired) electrons. The number of hydrogen-bond acceptors (Lipinski definition) is 4. The number of benzene rings is 1.